The fraction of sp³-hybridized carbons (Fsp3) is 0.286. The number of hydrogen-bond acceptors (Lipinski definition) is 3. The van der Waals surface area contributed by atoms with Gasteiger partial charge in [0.05, 0.1) is 7.05 Å². The van der Waals surface area contributed by atoms with Gasteiger partial charge in [-0.3, -0.25) is 9.59 Å². The Labute approximate surface area is 172 Å². The molecule has 0 radical (unpaired) electrons. The summed E-state index contributed by atoms with van der Waals surface area (Å²) in [4.78, 5) is 38.8. The summed E-state index contributed by atoms with van der Waals surface area (Å²) in [5.41, 5.74) is -0.462. The third-order valence-electron chi connectivity index (χ3n) is 5.12. The third kappa shape index (κ3) is 4.02. The van der Waals surface area contributed by atoms with Gasteiger partial charge < -0.3 is 15.5 Å². The molecule has 0 aliphatic carbocycles. The van der Waals surface area contributed by atoms with Crippen LogP contribution < -0.4 is 15.5 Å². The fourth-order valence-corrected chi connectivity index (χ4v) is 3.50. The minimum absolute atomic E-state index is 0.0361. The molecule has 0 bridgehead atoms. The lowest BCUT2D eigenvalue weighted by Gasteiger charge is -2.23. The number of amides is 4. The molecule has 1 fully saturated rings. The molecule has 158 valence electrons. The second kappa shape index (κ2) is 8.19. The molecule has 0 saturated carbocycles. The van der Waals surface area contributed by atoms with Crippen LogP contribution in [0.4, 0.5) is 13.6 Å². The van der Waals surface area contributed by atoms with Gasteiger partial charge in [-0.15, -0.1) is 0 Å². The molecule has 7 nitrogen and oxygen atoms in total. The largest absolute Gasteiger partial charge is 0.355 e. The Kier molecular flexibility index (Phi) is 5.84. The van der Waals surface area contributed by atoms with Gasteiger partial charge in [-0.25, -0.2) is 18.5 Å². The van der Waals surface area contributed by atoms with E-state index in [-0.39, 0.29) is 18.1 Å². The average Bonchev–Trinajstić information content (AvgIpc) is 2.93. The molecule has 2 aromatic carbocycles. The number of nitrogens with one attached hydrogen (secondary N) is 3. The predicted molar refractivity (Wildman–Crippen MR) is 104 cm³/mol. The maximum Gasteiger partial charge on any atom is 0.329 e. The van der Waals surface area contributed by atoms with E-state index in [0.29, 0.717) is 12.1 Å². The first kappa shape index (κ1) is 21.4. The normalized spacial score (nSPS) is 19.6. The number of imide groups is 1. The van der Waals surface area contributed by atoms with Crippen LogP contribution in [-0.4, -0.2) is 43.5 Å². The molecule has 1 unspecified atom stereocenters. The summed E-state index contributed by atoms with van der Waals surface area (Å²) >= 11 is 0. The molecule has 3 N–H and O–H groups in total. The first-order valence-corrected chi connectivity index (χ1v) is 9.37. The topological polar surface area (TPSA) is 82.9 Å². The molecule has 1 heterocycles. The molecule has 4 amide bonds. The lowest BCUT2D eigenvalue weighted by molar-refractivity contribution is -0.901. The van der Waals surface area contributed by atoms with Gasteiger partial charge in [0.1, 0.15) is 23.7 Å². The van der Waals surface area contributed by atoms with Crippen molar-refractivity contribution in [2.75, 3.05) is 20.8 Å². The van der Waals surface area contributed by atoms with E-state index in [1.54, 1.807) is 38.4 Å². The lowest BCUT2D eigenvalue weighted by Crippen LogP contribution is -3.09. The first-order valence-electron chi connectivity index (χ1n) is 9.37. The Balaban J connectivity index is 1.72. The van der Waals surface area contributed by atoms with Crippen molar-refractivity contribution >= 4 is 17.8 Å². The van der Waals surface area contributed by atoms with Gasteiger partial charge in [-0.1, -0.05) is 12.1 Å². The smallest absolute Gasteiger partial charge is 0.329 e. The van der Waals surface area contributed by atoms with Gasteiger partial charge in [0.25, 0.3) is 11.8 Å². The number of carbonyl (C=O) groups is 3. The number of halogens is 2. The lowest BCUT2D eigenvalue weighted by atomic mass is 9.91. The summed E-state index contributed by atoms with van der Waals surface area (Å²) in [6.07, 6.45) is 0. The molecule has 9 heteroatoms. The van der Waals surface area contributed by atoms with Gasteiger partial charge in [-0.05, 0) is 37.3 Å². The monoisotopic (exact) mass is 417 g/mol. The maximum atomic E-state index is 14.2. The van der Waals surface area contributed by atoms with Crippen LogP contribution in [-0.2, 0) is 16.9 Å². The van der Waals surface area contributed by atoms with Crippen LogP contribution in [0.25, 0.3) is 0 Å². The van der Waals surface area contributed by atoms with Crippen LogP contribution in [0, 0.1) is 11.6 Å². The van der Waals surface area contributed by atoms with Crippen LogP contribution in [0.2, 0.25) is 0 Å². The Hall–Kier alpha value is -3.33. The zero-order valence-corrected chi connectivity index (χ0v) is 16.9. The van der Waals surface area contributed by atoms with E-state index in [1.807, 2.05) is 0 Å². The van der Waals surface area contributed by atoms with E-state index in [2.05, 4.69) is 10.6 Å². The molecule has 2 aromatic rings. The zero-order chi connectivity index (χ0) is 22.1. The summed E-state index contributed by atoms with van der Waals surface area (Å²) < 4.78 is 27.8. The second-order valence-electron chi connectivity index (χ2n) is 7.48. The number of urea groups is 1. The van der Waals surface area contributed by atoms with E-state index >= 15 is 0 Å². The third-order valence-corrected chi connectivity index (χ3v) is 5.12. The molecule has 0 spiro atoms. The second-order valence-corrected chi connectivity index (χ2v) is 7.48. The zero-order valence-electron chi connectivity index (χ0n) is 16.9. The van der Waals surface area contributed by atoms with Crippen molar-refractivity contribution in [3.63, 3.8) is 0 Å². The standard InChI is InChI=1S/C21H22F2N4O3/c1-21(16-10-15(22)8-9-17(16)23)19(29)27(20(30)25-21)12-26(3)11-13-4-6-14(7-5-13)18(28)24-2/h4-10H,11-12H2,1-3H3,(H,24,28)(H,25,30)/p+1/t21-/m1/s1. The number of quaternary nitrogens is 1. The van der Waals surface area contributed by atoms with Gasteiger partial charge in [0.15, 0.2) is 6.67 Å². The quantitative estimate of drug-likeness (QED) is 0.607. The van der Waals surface area contributed by atoms with Crippen LogP contribution in [0.1, 0.15) is 28.4 Å². The van der Waals surface area contributed by atoms with Crippen LogP contribution in [0.15, 0.2) is 42.5 Å². The van der Waals surface area contributed by atoms with Crippen molar-refractivity contribution in [2.24, 2.45) is 0 Å². The van der Waals surface area contributed by atoms with Crippen molar-refractivity contribution in [2.45, 2.75) is 19.0 Å². The summed E-state index contributed by atoms with van der Waals surface area (Å²) in [5.74, 6) is -2.31. The Morgan fingerprint density at radius 3 is 2.47 bits per heavy atom. The van der Waals surface area contributed by atoms with E-state index < -0.39 is 29.1 Å². The number of hydrogen-bond donors (Lipinski definition) is 3. The Morgan fingerprint density at radius 2 is 1.83 bits per heavy atom. The molecule has 1 aliphatic rings. The molecule has 3 rings (SSSR count). The number of rotatable bonds is 6. The minimum Gasteiger partial charge on any atom is -0.355 e. The maximum absolute atomic E-state index is 14.2. The van der Waals surface area contributed by atoms with E-state index in [9.17, 15) is 23.2 Å². The van der Waals surface area contributed by atoms with E-state index in [0.717, 1.165) is 33.6 Å². The molecular formula is C21H23F2N4O3+. The van der Waals surface area contributed by atoms with Crippen molar-refractivity contribution in [3.05, 3.63) is 70.8 Å². The minimum atomic E-state index is -1.68. The number of nitrogens with zero attached hydrogens (tertiary/aromatic N) is 1. The van der Waals surface area contributed by atoms with Crippen molar-refractivity contribution < 1.29 is 28.1 Å². The van der Waals surface area contributed by atoms with Gasteiger partial charge in [0, 0.05) is 23.7 Å². The highest BCUT2D eigenvalue weighted by Crippen LogP contribution is 2.30. The van der Waals surface area contributed by atoms with Crippen molar-refractivity contribution in [1.29, 1.82) is 0 Å². The number of benzene rings is 2. The highest BCUT2D eigenvalue weighted by atomic mass is 19.1. The molecule has 1 saturated heterocycles. The summed E-state index contributed by atoms with van der Waals surface area (Å²) in [7, 11) is 3.35. The van der Waals surface area contributed by atoms with Crippen molar-refractivity contribution in [3.8, 4) is 0 Å². The molecule has 1 aliphatic heterocycles. The van der Waals surface area contributed by atoms with Gasteiger partial charge in [-0.2, -0.15) is 0 Å². The van der Waals surface area contributed by atoms with Crippen LogP contribution in [0.5, 0.6) is 0 Å². The highest BCUT2D eigenvalue weighted by Gasteiger charge is 2.51. The van der Waals surface area contributed by atoms with Crippen LogP contribution >= 0.6 is 0 Å². The molecular weight excluding hydrogens is 394 g/mol. The molecule has 2 atom stereocenters. The summed E-state index contributed by atoms with van der Waals surface area (Å²) in [6, 6.07) is 9.12. The molecule has 30 heavy (non-hydrogen) atoms. The summed E-state index contributed by atoms with van der Waals surface area (Å²) in [6.45, 7) is 1.88. The predicted octanol–water partition coefficient (Wildman–Crippen LogP) is 0.764. The SMILES string of the molecule is CNC(=O)c1ccc(C[NH+](C)CN2C(=O)N[C@](C)(c3cc(F)ccc3F)C2=O)cc1. The highest BCUT2D eigenvalue weighted by molar-refractivity contribution is 6.07. The van der Waals surface area contributed by atoms with Gasteiger partial charge >= 0.3 is 6.03 Å². The number of carbonyl (C=O) groups excluding carboxylic acids is 3. The summed E-state index contributed by atoms with van der Waals surface area (Å²) in [5, 5.41) is 5.03. The van der Waals surface area contributed by atoms with Crippen molar-refractivity contribution in [1.82, 2.24) is 15.5 Å². The average molecular weight is 417 g/mol. The Morgan fingerprint density at radius 1 is 1.17 bits per heavy atom. The Bertz CT molecular complexity index is 996. The molecule has 0 aromatic heterocycles. The van der Waals surface area contributed by atoms with E-state index in [1.165, 1.54) is 6.92 Å². The first-order chi connectivity index (χ1) is 14.2. The van der Waals surface area contributed by atoms with E-state index in [4.69, 9.17) is 0 Å². The van der Waals surface area contributed by atoms with Gasteiger partial charge in [0.2, 0.25) is 0 Å². The van der Waals surface area contributed by atoms with Crippen LogP contribution in [0.3, 0.4) is 0 Å². The fourth-order valence-electron chi connectivity index (χ4n) is 3.50.